The minimum atomic E-state index is -0.756. The van der Waals surface area contributed by atoms with E-state index in [1.165, 1.54) is 27.6 Å². The zero-order valence-electron chi connectivity index (χ0n) is 17.2. The Morgan fingerprint density at radius 2 is 2.03 bits per heavy atom. The van der Waals surface area contributed by atoms with E-state index in [1.54, 1.807) is 17.4 Å². The van der Waals surface area contributed by atoms with Gasteiger partial charge >= 0.3 is 0 Å². The van der Waals surface area contributed by atoms with Crippen LogP contribution in [0.15, 0.2) is 46.9 Å². The summed E-state index contributed by atoms with van der Waals surface area (Å²) in [6, 6.07) is 5.48. The highest BCUT2D eigenvalue weighted by Gasteiger charge is 2.22. The van der Waals surface area contributed by atoms with Crippen molar-refractivity contribution >= 4 is 45.1 Å². The second kappa shape index (κ2) is 9.66. The summed E-state index contributed by atoms with van der Waals surface area (Å²) in [5, 5.41) is 1.09. The molecule has 0 spiro atoms. The van der Waals surface area contributed by atoms with Gasteiger partial charge in [0, 0.05) is 11.4 Å². The quantitative estimate of drug-likeness (QED) is 0.249. The molecule has 2 heterocycles. The molecule has 0 fully saturated rings. The van der Waals surface area contributed by atoms with Crippen molar-refractivity contribution < 1.29 is 14.0 Å². The molecule has 0 saturated carbocycles. The van der Waals surface area contributed by atoms with E-state index in [0.717, 1.165) is 49.1 Å². The summed E-state index contributed by atoms with van der Waals surface area (Å²) in [6.07, 6.45) is 5.64. The molecule has 7 nitrogen and oxygen atoms in total. The number of benzene rings is 1. The first-order valence-electron chi connectivity index (χ1n) is 10.1. The highest BCUT2D eigenvalue weighted by atomic mass is 32.2. The molecule has 0 radical (unpaired) electrons. The van der Waals surface area contributed by atoms with E-state index in [2.05, 4.69) is 22.4 Å². The largest absolute Gasteiger partial charge is 0.283 e. The number of hydrazine groups is 1. The fourth-order valence-corrected chi connectivity index (χ4v) is 5.74. The Morgan fingerprint density at radius 1 is 1.25 bits per heavy atom. The monoisotopic (exact) mass is 472 g/mol. The number of allylic oxidation sites excluding steroid dienone is 1. The number of carbonyl (C=O) groups excluding carboxylic acids is 2. The van der Waals surface area contributed by atoms with Crippen LogP contribution in [0.5, 0.6) is 0 Å². The van der Waals surface area contributed by atoms with Gasteiger partial charge in [0.2, 0.25) is 5.91 Å². The van der Waals surface area contributed by atoms with Crippen molar-refractivity contribution in [1.29, 1.82) is 0 Å². The number of aromatic nitrogens is 2. The average molecular weight is 473 g/mol. The Morgan fingerprint density at radius 3 is 2.81 bits per heavy atom. The highest BCUT2D eigenvalue weighted by molar-refractivity contribution is 7.99. The van der Waals surface area contributed by atoms with Gasteiger partial charge in [-0.3, -0.25) is 29.8 Å². The van der Waals surface area contributed by atoms with Crippen molar-refractivity contribution in [2.24, 2.45) is 0 Å². The number of thiophene rings is 1. The molecule has 2 aromatic heterocycles. The van der Waals surface area contributed by atoms with Crippen LogP contribution in [-0.4, -0.2) is 27.1 Å². The molecule has 0 saturated heterocycles. The van der Waals surface area contributed by atoms with E-state index in [4.69, 9.17) is 0 Å². The number of nitrogens with zero attached hydrogens (tertiary/aromatic N) is 2. The Bertz CT molecular complexity index is 1270. The molecule has 3 aromatic rings. The van der Waals surface area contributed by atoms with Gasteiger partial charge in [0.25, 0.3) is 11.5 Å². The maximum Gasteiger partial charge on any atom is 0.272 e. The first-order chi connectivity index (χ1) is 15.5. The Kier molecular flexibility index (Phi) is 6.71. The zero-order valence-corrected chi connectivity index (χ0v) is 18.8. The molecule has 1 aliphatic carbocycles. The summed E-state index contributed by atoms with van der Waals surface area (Å²) in [5.41, 5.74) is 5.27. The summed E-state index contributed by atoms with van der Waals surface area (Å²) >= 11 is 2.64. The van der Waals surface area contributed by atoms with E-state index < -0.39 is 17.6 Å². The second-order valence-corrected chi connectivity index (χ2v) is 9.29. The van der Waals surface area contributed by atoms with Crippen LogP contribution >= 0.6 is 23.1 Å². The van der Waals surface area contributed by atoms with Gasteiger partial charge in [-0.2, -0.15) is 0 Å². The first-order valence-corrected chi connectivity index (χ1v) is 11.9. The van der Waals surface area contributed by atoms with Crippen molar-refractivity contribution in [2.75, 3.05) is 5.75 Å². The summed E-state index contributed by atoms with van der Waals surface area (Å²) < 4.78 is 15.2. The number of thioether (sulfide) groups is 1. The molecule has 2 N–H and O–H groups in total. The minimum Gasteiger partial charge on any atom is -0.283 e. The maximum absolute atomic E-state index is 13.7. The van der Waals surface area contributed by atoms with E-state index >= 15 is 0 Å². The number of nitrogens with one attached hydrogen (secondary N) is 2. The standard InChI is InChI=1S/C22H21FN4O3S2/c1-2-11-27-21(30)18-14-8-4-6-10-16(14)32-20(18)24-22(27)31-12-17(28)25-26-19(29)13-7-3-5-9-15(13)23/h2-3,5,7,9H,1,4,6,8,10-12H2,(H,25,28)(H,26,29). The lowest BCUT2D eigenvalue weighted by molar-refractivity contribution is -0.119. The van der Waals surface area contributed by atoms with E-state index in [9.17, 15) is 18.8 Å². The highest BCUT2D eigenvalue weighted by Crippen LogP contribution is 2.34. The van der Waals surface area contributed by atoms with Crippen molar-refractivity contribution in [3.8, 4) is 0 Å². The van der Waals surface area contributed by atoms with Crippen LogP contribution in [0, 0.1) is 5.82 Å². The van der Waals surface area contributed by atoms with Gasteiger partial charge in [-0.05, 0) is 43.4 Å². The fraction of sp³-hybridized carbons (Fsp3) is 0.273. The van der Waals surface area contributed by atoms with E-state index in [1.807, 2.05) is 0 Å². The molecule has 0 aliphatic heterocycles. The molecule has 1 aliphatic rings. The van der Waals surface area contributed by atoms with Crippen molar-refractivity contribution in [2.45, 2.75) is 37.4 Å². The van der Waals surface area contributed by atoms with Gasteiger partial charge in [0.1, 0.15) is 10.6 Å². The normalized spacial score (nSPS) is 12.9. The van der Waals surface area contributed by atoms with E-state index in [-0.39, 0.29) is 23.4 Å². The van der Waals surface area contributed by atoms with Crippen LogP contribution in [0.2, 0.25) is 0 Å². The number of carbonyl (C=O) groups is 2. The SMILES string of the molecule is C=CCn1c(SCC(=O)NNC(=O)c2ccccc2F)nc2sc3c(c2c1=O)CCCC3. The van der Waals surface area contributed by atoms with Crippen LogP contribution in [0.3, 0.4) is 0 Å². The number of hydrogen-bond donors (Lipinski definition) is 2. The lowest BCUT2D eigenvalue weighted by Gasteiger charge is -2.12. The predicted octanol–water partition coefficient (Wildman–Crippen LogP) is 3.22. The topological polar surface area (TPSA) is 93.1 Å². The molecule has 166 valence electrons. The van der Waals surface area contributed by atoms with Gasteiger partial charge in [0.15, 0.2) is 5.16 Å². The van der Waals surface area contributed by atoms with Crippen LogP contribution in [0.1, 0.15) is 33.6 Å². The van der Waals surface area contributed by atoms with Gasteiger partial charge in [-0.15, -0.1) is 17.9 Å². The fourth-order valence-electron chi connectivity index (χ4n) is 3.63. The van der Waals surface area contributed by atoms with Crippen LogP contribution < -0.4 is 16.4 Å². The van der Waals surface area contributed by atoms with Gasteiger partial charge < -0.3 is 0 Å². The van der Waals surface area contributed by atoms with Crippen molar-refractivity contribution in [3.63, 3.8) is 0 Å². The number of halogens is 1. The van der Waals surface area contributed by atoms with E-state index in [0.29, 0.717) is 15.4 Å². The number of aryl methyl sites for hydroxylation is 2. The minimum absolute atomic E-state index is 0.0856. The lowest BCUT2D eigenvalue weighted by atomic mass is 9.97. The third-order valence-corrected chi connectivity index (χ3v) is 7.28. The van der Waals surface area contributed by atoms with Crippen LogP contribution in [0.25, 0.3) is 10.2 Å². The third-order valence-electron chi connectivity index (χ3n) is 5.12. The van der Waals surface area contributed by atoms with Crippen LogP contribution in [-0.2, 0) is 24.2 Å². The van der Waals surface area contributed by atoms with Crippen molar-refractivity contribution in [3.05, 3.63) is 69.1 Å². The lowest BCUT2D eigenvalue weighted by Crippen LogP contribution is -2.42. The molecule has 0 unspecified atom stereocenters. The molecular formula is C22H21FN4O3S2. The average Bonchev–Trinajstić information content (AvgIpc) is 3.17. The Balaban J connectivity index is 1.48. The number of fused-ring (bicyclic) bond motifs is 3. The molecule has 0 atom stereocenters. The number of rotatable bonds is 6. The van der Waals surface area contributed by atoms with Gasteiger partial charge in [-0.1, -0.05) is 30.0 Å². The van der Waals surface area contributed by atoms with Crippen molar-refractivity contribution in [1.82, 2.24) is 20.4 Å². The summed E-state index contributed by atoms with van der Waals surface area (Å²) in [5.74, 6) is -2.03. The summed E-state index contributed by atoms with van der Waals surface area (Å²) in [7, 11) is 0. The molecular weight excluding hydrogens is 451 g/mol. The first kappa shape index (κ1) is 22.2. The molecule has 2 amide bonds. The van der Waals surface area contributed by atoms with Gasteiger partial charge in [-0.25, -0.2) is 9.37 Å². The Labute approximate surface area is 191 Å². The van der Waals surface area contributed by atoms with Gasteiger partial charge in [0.05, 0.1) is 16.7 Å². The number of hydrogen-bond acceptors (Lipinski definition) is 6. The zero-order chi connectivity index (χ0) is 22.7. The molecule has 10 heteroatoms. The molecule has 0 bridgehead atoms. The predicted molar refractivity (Wildman–Crippen MR) is 123 cm³/mol. The molecule has 32 heavy (non-hydrogen) atoms. The maximum atomic E-state index is 13.7. The number of amides is 2. The Hall–Kier alpha value is -2.98. The van der Waals surface area contributed by atoms with Crippen LogP contribution in [0.4, 0.5) is 4.39 Å². The molecule has 1 aromatic carbocycles. The summed E-state index contributed by atoms with van der Waals surface area (Å²) in [6.45, 7) is 4.00. The third kappa shape index (κ3) is 4.46. The summed E-state index contributed by atoms with van der Waals surface area (Å²) in [4.78, 5) is 44.0. The second-order valence-electron chi connectivity index (χ2n) is 7.26. The smallest absolute Gasteiger partial charge is 0.272 e. The molecule has 4 rings (SSSR count).